The van der Waals surface area contributed by atoms with E-state index in [0.717, 1.165) is 0 Å². The topological polar surface area (TPSA) is 32.3 Å². The Balaban J connectivity index is 2.00. The van der Waals surface area contributed by atoms with Gasteiger partial charge in [-0.05, 0) is 37.1 Å². The largest absolute Gasteiger partial charge is 0.336 e. The molecule has 3 nitrogen and oxygen atoms in total. The lowest BCUT2D eigenvalue weighted by molar-refractivity contribution is 0.245. The van der Waals surface area contributed by atoms with Crippen LogP contribution in [0.1, 0.15) is 6.92 Å². The second kappa shape index (κ2) is 4.80. The van der Waals surface area contributed by atoms with Crippen molar-refractivity contribution in [3.05, 3.63) is 41.6 Å². The van der Waals surface area contributed by atoms with E-state index in [0.29, 0.717) is 16.0 Å². The van der Waals surface area contributed by atoms with Gasteiger partial charge in [-0.2, -0.15) is 0 Å². The van der Waals surface area contributed by atoms with Crippen LogP contribution in [0.15, 0.2) is 36.5 Å². The predicted octanol–water partition coefficient (Wildman–Crippen LogP) is 3.74. The van der Waals surface area contributed by atoms with Gasteiger partial charge in [0.15, 0.2) is 0 Å². The monoisotopic (exact) mass is 254 g/mol. The molecule has 0 aliphatic carbocycles. The van der Waals surface area contributed by atoms with Gasteiger partial charge in [0.25, 0.3) is 0 Å². The molecule has 0 radical (unpaired) electrons. The Hall–Kier alpha value is -1.13. The summed E-state index contributed by atoms with van der Waals surface area (Å²) in [6.07, 6.45) is 3.75. The molecule has 1 aliphatic rings. The molecule has 2 amide bonds. The molecular formula is C11H11ClN2OS. The van der Waals surface area contributed by atoms with Gasteiger partial charge < -0.3 is 5.32 Å². The third-order valence-electron chi connectivity index (χ3n) is 2.05. The maximum Gasteiger partial charge on any atom is 0.336 e. The van der Waals surface area contributed by atoms with Gasteiger partial charge in [-0.15, -0.1) is 0 Å². The zero-order chi connectivity index (χ0) is 11.5. The molecule has 0 spiro atoms. The summed E-state index contributed by atoms with van der Waals surface area (Å²) in [6, 6.07) is 6.93. The highest BCUT2D eigenvalue weighted by Gasteiger charge is 2.19. The number of carbonyl (C=O) groups is 1. The first-order chi connectivity index (χ1) is 7.65. The fourth-order valence-corrected chi connectivity index (χ4v) is 2.28. The average Bonchev–Trinajstić information content (AvgIpc) is 2.65. The minimum absolute atomic E-state index is 0.159. The van der Waals surface area contributed by atoms with Gasteiger partial charge in [0.1, 0.15) is 0 Å². The number of hydrogen-bond donors (Lipinski definition) is 1. The van der Waals surface area contributed by atoms with Crippen LogP contribution in [0.5, 0.6) is 0 Å². The first-order valence-corrected chi connectivity index (χ1v) is 6.07. The summed E-state index contributed by atoms with van der Waals surface area (Å²) in [4.78, 5) is 11.8. The number of nitrogens with zero attached hydrogens (tertiary/aromatic N) is 1. The standard InChI is InChI=1S/C11H11ClN2OS/c1-8-5-6-14(16-8)11(15)13-10-4-2-3-9(12)7-10/h2-8H,1H3,(H,13,15). The van der Waals surface area contributed by atoms with Gasteiger partial charge in [-0.3, -0.25) is 0 Å². The molecule has 16 heavy (non-hydrogen) atoms. The number of halogens is 1. The van der Waals surface area contributed by atoms with Gasteiger partial charge >= 0.3 is 6.03 Å². The van der Waals surface area contributed by atoms with Crippen molar-refractivity contribution in [2.24, 2.45) is 0 Å². The Morgan fingerprint density at radius 1 is 1.56 bits per heavy atom. The van der Waals surface area contributed by atoms with Crippen molar-refractivity contribution in [2.75, 3.05) is 5.32 Å². The van der Waals surface area contributed by atoms with Crippen molar-refractivity contribution in [3.63, 3.8) is 0 Å². The molecule has 1 atom stereocenters. The van der Waals surface area contributed by atoms with E-state index in [9.17, 15) is 4.79 Å². The lowest BCUT2D eigenvalue weighted by atomic mass is 10.3. The minimum atomic E-state index is -0.159. The van der Waals surface area contributed by atoms with Crippen LogP contribution >= 0.6 is 23.5 Å². The summed E-state index contributed by atoms with van der Waals surface area (Å²) in [7, 11) is 0. The number of hydrogen-bond acceptors (Lipinski definition) is 2. The lowest BCUT2D eigenvalue weighted by Gasteiger charge is -2.14. The van der Waals surface area contributed by atoms with Gasteiger partial charge in [0, 0.05) is 22.2 Å². The number of benzene rings is 1. The van der Waals surface area contributed by atoms with Crippen LogP contribution in [0.3, 0.4) is 0 Å². The van der Waals surface area contributed by atoms with E-state index >= 15 is 0 Å². The smallest absolute Gasteiger partial charge is 0.307 e. The van der Waals surface area contributed by atoms with E-state index in [4.69, 9.17) is 11.6 Å². The van der Waals surface area contributed by atoms with Gasteiger partial charge in [0.2, 0.25) is 0 Å². The molecule has 1 aromatic carbocycles. The zero-order valence-corrected chi connectivity index (χ0v) is 10.3. The normalized spacial score (nSPS) is 18.9. The highest BCUT2D eigenvalue weighted by Crippen LogP contribution is 2.26. The van der Waals surface area contributed by atoms with Crippen molar-refractivity contribution >= 4 is 35.3 Å². The highest BCUT2D eigenvalue weighted by atomic mass is 35.5. The predicted molar refractivity (Wildman–Crippen MR) is 68.5 cm³/mol. The molecule has 1 heterocycles. The molecular weight excluding hydrogens is 244 g/mol. The van der Waals surface area contributed by atoms with E-state index in [1.807, 2.05) is 13.0 Å². The van der Waals surface area contributed by atoms with Crippen LogP contribution in [0.25, 0.3) is 0 Å². The van der Waals surface area contributed by atoms with Crippen LogP contribution in [-0.2, 0) is 0 Å². The van der Waals surface area contributed by atoms with Crippen molar-refractivity contribution in [1.29, 1.82) is 0 Å². The molecule has 0 saturated carbocycles. The molecule has 1 aliphatic heterocycles. The summed E-state index contributed by atoms with van der Waals surface area (Å²) in [6.45, 7) is 2.04. The highest BCUT2D eigenvalue weighted by molar-refractivity contribution is 7.98. The van der Waals surface area contributed by atoms with Crippen LogP contribution in [0, 0.1) is 0 Å². The van der Waals surface area contributed by atoms with Crippen molar-refractivity contribution in [3.8, 4) is 0 Å². The molecule has 1 unspecified atom stereocenters. The minimum Gasteiger partial charge on any atom is -0.307 e. The van der Waals surface area contributed by atoms with Crippen molar-refractivity contribution in [2.45, 2.75) is 12.2 Å². The maximum atomic E-state index is 11.8. The number of rotatable bonds is 1. The fraction of sp³-hybridized carbons (Fsp3) is 0.182. The third-order valence-corrected chi connectivity index (χ3v) is 3.29. The molecule has 0 aromatic heterocycles. The van der Waals surface area contributed by atoms with Crippen LogP contribution in [0.4, 0.5) is 10.5 Å². The molecule has 0 bridgehead atoms. The van der Waals surface area contributed by atoms with E-state index in [2.05, 4.69) is 5.32 Å². The second-order valence-corrected chi connectivity index (χ2v) is 5.20. The quantitative estimate of drug-likeness (QED) is 0.775. The molecule has 84 valence electrons. The Morgan fingerprint density at radius 2 is 2.38 bits per heavy atom. The Labute approximate surface area is 104 Å². The second-order valence-electron chi connectivity index (χ2n) is 3.42. The summed E-state index contributed by atoms with van der Waals surface area (Å²) in [5.41, 5.74) is 0.700. The lowest BCUT2D eigenvalue weighted by Crippen LogP contribution is -2.23. The van der Waals surface area contributed by atoms with E-state index in [1.165, 1.54) is 11.9 Å². The van der Waals surface area contributed by atoms with Crippen LogP contribution in [0.2, 0.25) is 5.02 Å². The Bertz CT molecular complexity index is 436. The molecule has 2 rings (SSSR count). The molecule has 0 saturated heterocycles. The SMILES string of the molecule is CC1C=CN(C(=O)Nc2cccc(Cl)c2)S1. The number of anilines is 1. The number of amides is 2. The number of nitrogens with one attached hydrogen (secondary N) is 1. The Kier molecular flexibility index (Phi) is 3.41. The van der Waals surface area contributed by atoms with Gasteiger partial charge in [-0.1, -0.05) is 23.7 Å². The van der Waals surface area contributed by atoms with E-state index < -0.39 is 0 Å². The first-order valence-electron chi connectivity index (χ1n) is 4.86. The maximum absolute atomic E-state index is 11.8. The number of carbonyl (C=O) groups excluding carboxylic acids is 1. The summed E-state index contributed by atoms with van der Waals surface area (Å²) >= 11 is 7.30. The first kappa shape index (κ1) is 11.4. The van der Waals surface area contributed by atoms with Crippen molar-refractivity contribution in [1.82, 2.24) is 4.31 Å². The average molecular weight is 255 g/mol. The fourth-order valence-electron chi connectivity index (χ4n) is 1.31. The summed E-state index contributed by atoms with van der Waals surface area (Å²) in [5, 5.41) is 3.72. The van der Waals surface area contributed by atoms with Gasteiger partial charge in [-0.25, -0.2) is 9.10 Å². The van der Waals surface area contributed by atoms with Crippen molar-refractivity contribution < 1.29 is 4.79 Å². The summed E-state index contributed by atoms with van der Waals surface area (Å²) < 4.78 is 1.57. The third kappa shape index (κ3) is 2.71. The molecule has 1 aromatic rings. The molecule has 0 fully saturated rings. The van der Waals surface area contributed by atoms with Crippen LogP contribution < -0.4 is 5.32 Å². The van der Waals surface area contributed by atoms with Gasteiger partial charge in [0.05, 0.1) is 0 Å². The van der Waals surface area contributed by atoms with E-state index in [1.54, 1.807) is 34.8 Å². The molecule has 1 N–H and O–H groups in total. The Morgan fingerprint density at radius 3 is 3.00 bits per heavy atom. The zero-order valence-electron chi connectivity index (χ0n) is 8.68. The summed E-state index contributed by atoms with van der Waals surface area (Å²) in [5.74, 6) is 0. The number of urea groups is 1. The van der Waals surface area contributed by atoms with Crippen LogP contribution in [-0.4, -0.2) is 15.6 Å². The van der Waals surface area contributed by atoms with E-state index in [-0.39, 0.29) is 6.03 Å². The molecule has 5 heteroatoms.